The van der Waals surface area contributed by atoms with Crippen molar-refractivity contribution in [3.63, 3.8) is 0 Å². The van der Waals surface area contributed by atoms with Crippen molar-refractivity contribution in [1.29, 1.82) is 0 Å². The molecule has 0 bridgehead atoms. The van der Waals surface area contributed by atoms with Gasteiger partial charge in [0.2, 0.25) is 11.6 Å². The van der Waals surface area contributed by atoms with Gasteiger partial charge >= 0.3 is 5.97 Å². The predicted molar refractivity (Wildman–Crippen MR) is 205 cm³/mol. The van der Waals surface area contributed by atoms with Gasteiger partial charge in [-0.1, -0.05) is 47.5 Å². The molecular formula is C40H52N8O4. The number of carbonyl (C=O) groups is 2. The molecule has 0 saturated heterocycles. The van der Waals surface area contributed by atoms with Gasteiger partial charge in [-0.25, -0.2) is 29.3 Å². The summed E-state index contributed by atoms with van der Waals surface area (Å²) in [5, 5.41) is 7.77. The number of pyridine rings is 1. The van der Waals surface area contributed by atoms with Gasteiger partial charge in [0.15, 0.2) is 17.5 Å². The highest BCUT2D eigenvalue weighted by Crippen LogP contribution is 2.39. The highest BCUT2D eigenvalue weighted by molar-refractivity contribution is 6.29. The number of nitrogens with zero attached hydrogens (tertiary/aromatic N) is 7. The number of amides is 1. The summed E-state index contributed by atoms with van der Waals surface area (Å²) in [4.78, 5) is 47.5. The average molecular weight is 709 g/mol. The van der Waals surface area contributed by atoms with E-state index in [2.05, 4.69) is 49.7 Å². The summed E-state index contributed by atoms with van der Waals surface area (Å²) in [6.07, 6.45) is 5.84. The van der Waals surface area contributed by atoms with Crippen LogP contribution in [0.4, 0.5) is 17.2 Å². The summed E-state index contributed by atoms with van der Waals surface area (Å²) in [6, 6.07) is 9.07. The first kappa shape index (κ1) is 38.2. The number of esters is 1. The number of benzene rings is 1. The van der Waals surface area contributed by atoms with Crippen molar-refractivity contribution in [2.45, 2.75) is 99.5 Å². The number of fused-ring (bicyclic) bond motifs is 1. The Hall–Kier alpha value is -5.05. The zero-order valence-corrected chi connectivity index (χ0v) is 31.8. The Balaban J connectivity index is 1.61. The fourth-order valence-corrected chi connectivity index (χ4v) is 7.31. The van der Waals surface area contributed by atoms with Crippen molar-refractivity contribution in [2.75, 3.05) is 30.4 Å². The molecule has 1 fully saturated rings. The third kappa shape index (κ3) is 8.19. The first-order valence-corrected chi connectivity index (χ1v) is 18.6. The number of hydrogen-bond acceptors (Lipinski definition) is 9. The maximum Gasteiger partial charge on any atom is 0.331 e. The Labute approximate surface area is 307 Å². The van der Waals surface area contributed by atoms with Crippen molar-refractivity contribution in [3.05, 3.63) is 59.0 Å². The number of aromatic nitrogens is 4. The molecule has 276 valence electrons. The minimum Gasteiger partial charge on any atom is -0.496 e. The van der Waals surface area contributed by atoms with Crippen LogP contribution in [0.2, 0.25) is 0 Å². The standard InChI is InChI=1S/C40H52N8O4/c1-10-13-15-33(49)43-28-16-18-31(51-9)29(23-28)37-45-38-34(40(50)52-36-25(5)21-24(4)22-26(36)6)35(41-8)39(48(38)46-37)44-30-17-19-32(42-27(30)7)47(12-3)20-14-11-2/h16-19,23-26,36H,10-15,20-22H2,1-7,9H3,(H,43,49). The zero-order valence-electron chi connectivity index (χ0n) is 31.8. The van der Waals surface area contributed by atoms with Crippen LogP contribution in [0.1, 0.15) is 98.0 Å². The second-order valence-electron chi connectivity index (χ2n) is 14.1. The van der Waals surface area contributed by atoms with E-state index in [1.54, 1.807) is 25.3 Å². The van der Waals surface area contributed by atoms with Crippen LogP contribution in [0.5, 0.6) is 5.75 Å². The first-order chi connectivity index (χ1) is 25.0. The van der Waals surface area contributed by atoms with Crippen LogP contribution in [0.3, 0.4) is 0 Å². The van der Waals surface area contributed by atoms with Crippen LogP contribution in [0.15, 0.2) is 41.0 Å². The van der Waals surface area contributed by atoms with Crippen molar-refractivity contribution in [2.24, 2.45) is 22.7 Å². The van der Waals surface area contributed by atoms with Gasteiger partial charge in [0.25, 0.3) is 0 Å². The van der Waals surface area contributed by atoms with Gasteiger partial charge in [-0.15, -0.1) is 5.10 Å². The van der Waals surface area contributed by atoms with Crippen molar-refractivity contribution in [3.8, 4) is 17.1 Å². The molecule has 2 atom stereocenters. The van der Waals surface area contributed by atoms with E-state index in [1.807, 2.05) is 26.0 Å². The molecule has 12 nitrogen and oxygen atoms in total. The Morgan fingerprint density at radius 1 is 1.06 bits per heavy atom. The molecule has 2 aromatic heterocycles. The molecule has 5 rings (SSSR count). The molecular weight excluding hydrogens is 656 g/mol. The summed E-state index contributed by atoms with van der Waals surface area (Å²) in [6.45, 7) is 24.6. The molecule has 1 aliphatic carbocycles. The molecule has 1 amide bonds. The van der Waals surface area contributed by atoms with E-state index in [0.29, 0.717) is 40.7 Å². The van der Waals surface area contributed by atoms with Crippen LogP contribution in [-0.4, -0.2) is 63.8 Å². The molecule has 1 N–H and O–H groups in total. The number of anilines is 2. The van der Waals surface area contributed by atoms with Gasteiger partial charge in [0.1, 0.15) is 23.2 Å². The molecule has 0 spiro atoms. The topological polar surface area (TPSA) is 128 Å². The minimum absolute atomic E-state index is 0.0153. The van der Waals surface area contributed by atoms with Gasteiger partial charge in [-0.2, -0.15) is 0 Å². The molecule has 3 aromatic rings. The van der Waals surface area contributed by atoms with Gasteiger partial charge in [-0.05, 0) is 87.6 Å². The van der Waals surface area contributed by atoms with E-state index in [9.17, 15) is 9.59 Å². The molecule has 1 saturated carbocycles. The molecule has 1 aromatic carbocycles. The van der Waals surface area contributed by atoms with Crippen molar-refractivity contribution < 1.29 is 19.1 Å². The lowest BCUT2D eigenvalue weighted by Gasteiger charge is -2.37. The summed E-state index contributed by atoms with van der Waals surface area (Å²) in [5.41, 5.74) is 2.33. The lowest BCUT2D eigenvalue weighted by atomic mass is 9.75. The molecule has 2 aliphatic rings. The summed E-state index contributed by atoms with van der Waals surface area (Å²) in [7, 11) is 1.55. The molecule has 1 aliphatic heterocycles. The number of nitrogens with one attached hydrogen (secondary N) is 1. The number of allylic oxidation sites excluding steroid dienone is 1. The van der Waals surface area contributed by atoms with Crippen LogP contribution in [0, 0.1) is 31.2 Å². The summed E-state index contributed by atoms with van der Waals surface area (Å²) >= 11 is 0. The fraction of sp³-hybridized carbons (Fsp3) is 0.525. The Kier molecular flexibility index (Phi) is 12.5. The maximum atomic E-state index is 14.2. The number of unbranched alkanes of at least 4 members (excludes halogenated alkanes) is 2. The fourth-order valence-electron chi connectivity index (χ4n) is 7.31. The van der Waals surface area contributed by atoms with Crippen LogP contribution < -0.4 is 15.0 Å². The SMILES string of the molecule is [C-]#[N+]C1=C(C(=O)OC2C(C)CC(C)CC2C)c2nc(-c3cc(NC(=O)CCCC)ccc3OC)nn2C1=Nc1ccc(N(CC)CCCC)nc1C. The van der Waals surface area contributed by atoms with E-state index in [4.69, 9.17) is 36.1 Å². The Bertz CT molecular complexity index is 1880. The van der Waals surface area contributed by atoms with Crippen molar-refractivity contribution >= 4 is 40.5 Å². The number of rotatable bonds is 14. The van der Waals surface area contributed by atoms with Gasteiger partial charge < -0.3 is 19.7 Å². The Morgan fingerprint density at radius 3 is 2.42 bits per heavy atom. The van der Waals surface area contributed by atoms with E-state index in [-0.39, 0.29) is 52.6 Å². The van der Waals surface area contributed by atoms with Crippen LogP contribution >= 0.6 is 0 Å². The minimum atomic E-state index is -0.627. The Morgan fingerprint density at radius 2 is 1.79 bits per heavy atom. The van der Waals surface area contributed by atoms with Gasteiger partial charge in [0, 0.05) is 25.2 Å². The largest absolute Gasteiger partial charge is 0.496 e. The first-order valence-electron chi connectivity index (χ1n) is 18.6. The third-order valence-corrected chi connectivity index (χ3v) is 9.95. The van der Waals surface area contributed by atoms with Crippen molar-refractivity contribution in [1.82, 2.24) is 19.7 Å². The van der Waals surface area contributed by atoms with Crippen LogP contribution in [0.25, 0.3) is 21.8 Å². The quantitative estimate of drug-likeness (QED) is 0.131. The van der Waals surface area contributed by atoms with E-state index in [0.717, 1.165) is 57.4 Å². The highest BCUT2D eigenvalue weighted by atomic mass is 16.5. The second kappa shape index (κ2) is 17.0. The molecule has 12 heteroatoms. The third-order valence-electron chi connectivity index (χ3n) is 9.95. The lowest BCUT2D eigenvalue weighted by molar-refractivity contribution is -0.150. The molecule has 3 heterocycles. The highest BCUT2D eigenvalue weighted by Gasteiger charge is 2.41. The van der Waals surface area contributed by atoms with Crippen LogP contribution in [-0.2, 0) is 14.3 Å². The van der Waals surface area contributed by atoms with Gasteiger partial charge in [-0.3, -0.25) is 4.79 Å². The molecule has 2 unspecified atom stereocenters. The number of ether oxygens (including phenoxy) is 2. The van der Waals surface area contributed by atoms with E-state index < -0.39 is 5.97 Å². The normalized spacial score (nSPS) is 20.4. The molecule has 0 radical (unpaired) electrons. The van der Waals surface area contributed by atoms with E-state index >= 15 is 0 Å². The summed E-state index contributed by atoms with van der Waals surface area (Å²) < 4.78 is 13.4. The zero-order chi connectivity index (χ0) is 37.5. The number of carbonyl (C=O) groups excluding carboxylic acids is 2. The number of aryl methyl sites for hydroxylation is 1. The number of hydrogen-bond donors (Lipinski definition) is 1. The van der Waals surface area contributed by atoms with Gasteiger partial charge in [0.05, 0.1) is 30.6 Å². The predicted octanol–water partition coefficient (Wildman–Crippen LogP) is 8.25. The maximum absolute atomic E-state index is 14.2. The second-order valence-corrected chi connectivity index (χ2v) is 14.1. The lowest BCUT2D eigenvalue weighted by Crippen LogP contribution is -2.37. The monoisotopic (exact) mass is 708 g/mol. The molecule has 52 heavy (non-hydrogen) atoms. The number of aliphatic imine (C=N–C) groups is 1. The summed E-state index contributed by atoms with van der Waals surface area (Å²) in [5.74, 6) is 2.04. The average Bonchev–Trinajstić information content (AvgIpc) is 3.67. The smallest absolute Gasteiger partial charge is 0.331 e. The van der Waals surface area contributed by atoms with E-state index in [1.165, 1.54) is 4.68 Å². The number of methoxy groups -OCH3 is 1.